The molecule has 2 N–H and O–H groups in total. The summed E-state index contributed by atoms with van der Waals surface area (Å²) >= 11 is 25.0. The number of rotatable bonds is 9. The Bertz CT molecular complexity index is 1120. The van der Waals surface area contributed by atoms with Gasteiger partial charge in [0.25, 0.3) is 0 Å². The maximum absolute atomic E-state index is 11.1. The first-order valence-corrected chi connectivity index (χ1v) is 11.1. The molecule has 0 saturated heterocycles. The van der Waals surface area contributed by atoms with Crippen molar-refractivity contribution < 1.29 is 19.4 Å². The van der Waals surface area contributed by atoms with Gasteiger partial charge >= 0.3 is 5.97 Å². The largest absolute Gasteiger partial charge is 0.490 e. The average Bonchev–Trinajstić information content (AvgIpc) is 2.73. The van der Waals surface area contributed by atoms with Crippen LogP contribution in [-0.2, 0) is 13.2 Å². The molecule has 0 amide bonds. The van der Waals surface area contributed by atoms with Crippen LogP contribution in [0.4, 0.5) is 5.69 Å². The summed E-state index contributed by atoms with van der Waals surface area (Å²) in [6.45, 7) is 2.81. The molecule has 0 unspecified atom stereocenters. The zero-order valence-electron chi connectivity index (χ0n) is 16.9. The van der Waals surface area contributed by atoms with E-state index in [1.807, 2.05) is 13.0 Å². The van der Waals surface area contributed by atoms with E-state index in [1.165, 1.54) is 6.07 Å². The molecule has 0 aliphatic rings. The Morgan fingerprint density at radius 2 is 1.66 bits per heavy atom. The molecule has 3 rings (SSSR count). The molecule has 0 fully saturated rings. The third-order valence-corrected chi connectivity index (χ3v) is 5.79. The number of nitrogens with one attached hydrogen (secondary N) is 1. The fourth-order valence-corrected chi connectivity index (χ4v) is 4.00. The Hall–Kier alpha value is -2.31. The van der Waals surface area contributed by atoms with Gasteiger partial charge in [-0.2, -0.15) is 0 Å². The van der Waals surface area contributed by atoms with Crippen molar-refractivity contribution in [1.29, 1.82) is 0 Å². The van der Waals surface area contributed by atoms with Crippen LogP contribution in [0, 0.1) is 0 Å². The standard InChI is InChI=1S/C23H19Cl4NO4/c1-2-31-21-9-13(11-28-14-6-7-15(23(29)30)19(26)10-14)8-20(27)22(21)32-12-16-17(24)4-3-5-18(16)25/h3-10,28H,2,11-12H2,1H3,(H,29,30). The third kappa shape index (κ3) is 5.93. The minimum absolute atomic E-state index is 0.0408. The van der Waals surface area contributed by atoms with E-state index in [2.05, 4.69) is 5.32 Å². The number of halogens is 4. The molecule has 0 heterocycles. The lowest BCUT2D eigenvalue weighted by atomic mass is 10.1. The molecule has 32 heavy (non-hydrogen) atoms. The summed E-state index contributed by atoms with van der Waals surface area (Å²) in [7, 11) is 0. The second kappa shape index (κ2) is 11.0. The van der Waals surface area contributed by atoms with Gasteiger partial charge < -0.3 is 19.9 Å². The van der Waals surface area contributed by atoms with Crippen LogP contribution in [0.3, 0.4) is 0 Å². The van der Waals surface area contributed by atoms with Crippen molar-refractivity contribution in [2.45, 2.75) is 20.1 Å². The Labute approximate surface area is 205 Å². The summed E-state index contributed by atoms with van der Waals surface area (Å²) in [5.41, 5.74) is 2.20. The zero-order valence-corrected chi connectivity index (χ0v) is 19.9. The van der Waals surface area contributed by atoms with Gasteiger partial charge in [-0.25, -0.2) is 4.79 Å². The molecule has 168 valence electrons. The van der Waals surface area contributed by atoms with Gasteiger partial charge in [-0.15, -0.1) is 0 Å². The molecule has 5 nitrogen and oxygen atoms in total. The van der Waals surface area contributed by atoms with E-state index in [9.17, 15) is 4.79 Å². The number of benzene rings is 3. The van der Waals surface area contributed by atoms with Crippen LogP contribution in [0.25, 0.3) is 0 Å². The molecule has 9 heteroatoms. The summed E-state index contributed by atoms with van der Waals surface area (Å²) in [6.07, 6.45) is 0. The number of hydrogen-bond donors (Lipinski definition) is 2. The minimum Gasteiger partial charge on any atom is -0.490 e. The number of carbonyl (C=O) groups is 1. The van der Waals surface area contributed by atoms with E-state index in [-0.39, 0.29) is 17.2 Å². The molecule has 0 saturated carbocycles. The fraction of sp³-hybridized carbons (Fsp3) is 0.174. The van der Waals surface area contributed by atoms with Crippen molar-refractivity contribution >= 4 is 58.1 Å². The van der Waals surface area contributed by atoms with Crippen molar-refractivity contribution in [3.8, 4) is 11.5 Å². The maximum atomic E-state index is 11.1. The number of carboxylic acid groups (broad SMARTS) is 1. The normalized spacial score (nSPS) is 10.7. The lowest BCUT2D eigenvalue weighted by Crippen LogP contribution is -2.05. The summed E-state index contributed by atoms with van der Waals surface area (Å²) < 4.78 is 11.6. The molecule has 3 aromatic carbocycles. The molecule has 0 bridgehead atoms. The first-order valence-electron chi connectivity index (χ1n) is 9.57. The second-order valence-corrected chi connectivity index (χ2v) is 8.31. The smallest absolute Gasteiger partial charge is 0.337 e. The van der Waals surface area contributed by atoms with Crippen LogP contribution in [0.15, 0.2) is 48.5 Å². The van der Waals surface area contributed by atoms with Crippen molar-refractivity contribution in [3.05, 3.63) is 85.3 Å². The molecule has 0 aliphatic carbocycles. The van der Waals surface area contributed by atoms with Crippen molar-refractivity contribution in [3.63, 3.8) is 0 Å². The third-order valence-electron chi connectivity index (χ3n) is 4.49. The highest BCUT2D eigenvalue weighted by Crippen LogP contribution is 2.38. The number of ether oxygens (including phenoxy) is 2. The van der Waals surface area contributed by atoms with E-state index < -0.39 is 5.97 Å². The van der Waals surface area contributed by atoms with Crippen LogP contribution in [0.1, 0.15) is 28.4 Å². The van der Waals surface area contributed by atoms with Gasteiger partial charge in [0.2, 0.25) is 0 Å². The van der Waals surface area contributed by atoms with Crippen LogP contribution < -0.4 is 14.8 Å². The monoisotopic (exact) mass is 513 g/mol. The second-order valence-electron chi connectivity index (χ2n) is 6.68. The van der Waals surface area contributed by atoms with Crippen molar-refractivity contribution in [2.75, 3.05) is 11.9 Å². The molecular formula is C23H19Cl4NO4. The van der Waals surface area contributed by atoms with E-state index in [0.717, 1.165) is 5.56 Å². The minimum atomic E-state index is -1.08. The van der Waals surface area contributed by atoms with Crippen LogP contribution in [-0.4, -0.2) is 17.7 Å². The van der Waals surface area contributed by atoms with Crippen molar-refractivity contribution in [1.82, 2.24) is 0 Å². The molecule has 0 aliphatic heterocycles. The van der Waals surface area contributed by atoms with Gasteiger partial charge in [0.15, 0.2) is 11.5 Å². The quantitative estimate of drug-likeness (QED) is 0.308. The highest BCUT2D eigenvalue weighted by molar-refractivity contribution is 6.36. The Morgan fingerprint density at radius 1 is 0.938 bits per heavy atom. The number of hydrogen-bond acceptors (Lipinski definition) is 4. The summed E-state index contributed by atoms with van der Waals surface area (Å²) in [4.78, 5) is 11.1. The number of anilines is 1. The van der Waals surface area contributed by atoms with Crippen LogP contribution in [0.5, 0.6) is 11.5 Å². The van der Waals surface area contributed by atoms with E-state index in [4.69, 9.17) is 61.0 Å². The van der Waals surface area contributed by atoms with Gasteiger partial charge in [-0.3, -0.25) is 0 Å². The van der Waals surface area contributed by atoms with Gasteiger partial charge in [-0.05, 0) is 55.0 Å². The highest BCUT2D eigenvalue weighted by Gasteiger charge is 2.15. The van der Waals surface area contributed by atoms with Gasteiger partial charge in [0.1, 0.15) is 6.61 Å². The van der Waals surface area contributed by atoms with Gasteiger partial charge in [0, 0.05) is 27.8 Å². The predicted octanol–water partition coefficient (Wildman–Crippen LogP) is 7.59. The lowest BCUT2D eigenvalue weighted by Gasteiger charge is -2.17. The fourth-order valence-electron chi connectivity index (χ4n) is 2.94. The topological polar surface area (TPSA) is 67.8 Å². The Kier molecular flexibility index (Phi) is 8.38. The zero-order chi connectivity index (χ0) is 23.3. The van der Waals surface area contributed by atoms with E-state index >= 15 is 0 Å². The van der Waals surface area contributed by atoms with E-state index in [1.54, 1.807) is 36.4 Å². The molecule has 0 atom stereocenters. The average molecular weight is 515 g/mol. The van der Waals surface area contributed by atoms with Crippen LogP contribution >= 0.6 is 46.4 Å². The maximum Gasteiger partial charge on any atom is 0.337 e. The predicted molar refractivity (Wildman–Crippen MR) is 129 cm³/mol. The van der Waals surface area contributed by atoms with Crippen LogP contribution in [0.2, 0.25) is 20.1 Å². The molecule has 3 aromatic rings. The molecular weight excluding hydrogens is 496 g/mol. The summed E-state index contributed by atoms with van der Waals surface area (Å²) in [5, 5.41) is 13.8. The first kappa shape index (κ1) is 24.3. The first-order chi connectivity index (χ1) is 15.3. The molecule has 0 spiro atoms. The molecule has 0 radical (unpaired) electrons. The SMILES string of the molecule is CCOc1cc(CNc2ccc(C(=O)O)c(Cl)c2)cc(Cl)c1OCc1c(Cl)cccc1Cl. The van der Waals surface area contributed by atoms with Gasteiger partial charge in [0.05, 0.1) is 22.2 Å². The van der Waals surface area contributed by atoms with Gasteiger partial charge in [-0.1, -0.05) is 52.5 Å². The lowest BCUT2D eigenvalue weighted by molar-refractivity contribution is 0.0697. The highest BCUT2D eigenvalue weighted by atomic mass is 35.5. The van der Waals surface area contributed by atoms with E-state index in [0.29, 0.717) is 51.0 Å². The number of carboxylic acids is 1. The molecule has 0 aromatic heterocycles. The summed E-state index contributed by atoms with van der Waals surface area (Å²) in [5.74, 6) is -0.204. The van der Waals surface area contributed by atoms with Crippen molar-refractivity contribution in [2.24, 2.45) is 0 Å². The Balaban J connectivity index is 1.77. The summed E-state index contributed by atoms with van der Waals surface area (Å²) in [6, 6.07) is 13.5. The number of aromatic carboxylic acids is 1. The Morgan fingerprint density at radius 3 is 2.28 bits per heavy atom.